The Bertz CT molecular complexity index is 521. The summed E-state index contributed by atoms with van der Waals surface area (Å²) in [6, 6.07) is 2.22. The fraction of sp³-hybridized carbons (Fsp3) is 0.533. The van der Waals surface area contributed by atoms with E-state index in [1.54, 1.807) is 11.3 Å². The van der Waals surface area contributed by atoms with Gasteiger partial charge in [0.1, 0.15) is 5.82 Å². The summed E-state index contributed by atoms with van der Waals surface area (Å²) in [5, 5.41) is 6.50. The molecule has 0 radical (unpaired) electrons. The van der Waals surface area contributed by atoms with E-state index >= 15 is 0 Å². The maximum atomic E-state index is 6.30. The molecule has 20 heavy (non-hydrogen) atoms. The van der Waals surface area contributed by atoms with Gasteiger partial charge in [0.05, 0.1) is 11.1 Å². The number of hydrogen-bond donors (Lipinski definition) is 1. The highest BCUT2D eigenvalue weighted by atomic mass is 35.5. The summed E-state index contributed by atoms with van der Waals surface area (Å²) in [6.45, 7) is 6.38. The average molecular weight is 312 g/mol. The van der Waals surface area contributed by atoms with E-state index in [1.807, 2.05) is 12.3 Å². The molecule has 110 valence electrons. The molecule has 1 N–H and O–H groups in total. The van der Waals surface area contributed by atoms with Crippen LogP contribution in [0.25, 0.3) is 0 Å². The zero-order valence-corrected chi connectivity index (χ0v) is 13.7. The molecule has 0 aliphatic carbocycles. The summed E-state index contributed by atoms with van der Waals surface area (Å²) in [5.41, 5.74) is 0. The monoisotopic (exact) mass is 311 g/mol. The van der Waals surface area contributed by atoms with Crippen LogP contribution in [0.3, 0.4) is 0 Å². The van der Waals surface area contributed by atoms with Gasteiger partial charge in [-0.15, -0.1) is 11.3 Å². The van der Waals surface area contributed by atoms with Crippen molar-refractivity contribution in [2.24, 2.45) is 0 Å². The summed E-state index contributed by atoms with van der Waals surface area (Å²) in [4.78, 5) is 5.72. The lowest BCUT2D eigenvalue weighted by atomic mass is 10.1. The lowest BCUT2D eigenvalue weighted by Crippen LogP contribution is -2.25. The molecule has 2 aromatic heterocycles. The molecule has 2 rings (SSSR count). The second-order valence-corrected chi connectivity index (χ2v) is 6.24. The molecule has 5 heteroatoms. The first-order chi connectivity index (χ1) is 9.76. The molecular weight excluding hydrogens is 290 g/mol. The smallest absolute Gasteiger partial charge is 0.110 e. The van der Waals surface area contributed by atoms with E-state index < -0.39 is 0 Å². The third kappa shape index (κ3) is 3.84. The van der Waals surface area contributed by atoms with Crippen molar-refractivity contribution >= 4 is 22.9 Å². The fourth-order valence-corrected chi connectivity index (χ4v) is 3.55. The van der Waals surface area contributed by atoms with E-state index in [4.69, 9.17) is 11.6 Å². The highest BCUT2D eigenvalue weighted by Crippen LogP contribution is 2.30. The minimum absolute atomic E-state index is 0.250. The van der Waals surface area contributed by atoms with Gasteiger partial charge in [-0.1, -0.05) is 25.4 Å². The van der Waals surface area contributed by atoms with Crippen LogP contribution in [-0.4, -0.2) is 16.1 Å². The minimum atomic E-state index is 0.250. The number of hydrogen-bond acceptors (Lipinski definition) is 3. The summed E-state index contributed by atoms with van der Waals surface area (Å²) >= 11 is 8.02. The second kappa shape index (κ2) is 7.81. The first-order valence-electron chi connectivity index (χ1n) is 7.22. The standard InChI is InChI=1S/C15H22ClN3S/c1-3-6-17-13(15-12(16)5-10-20-15)11-14-18-7-9-19(14)8-4-2/h5,7,9-10,13,17H,3-4,6,8,11H2,1-2H3. The van der Waals surface area contributed by atoms with Gasteiger partial charge in [0.25, 0.3) is 0 Å². The number of nitrogens with one attached hydrogen (secondary N) is 1. The highest BCUT2D eigenvalue weighted by Gasteiger charge is 2.18. The number of aromatic nitrogens is 2. The molecule has 1 unspecified atom stereocenters. The number of thiophene rings is 1. The normalized spacial score (nSPS) is 12.8. The summed E-state index contributed by atoms with van der Waals surface area (Å²) in [6.07, 6.45) is 7.07. The van der Waals surface area contributed by atoms with Crippen molar-refractivity contribution < 1.29 is 0 Å². The van der Waals surface area contributed by atoms with Gasteiger partial charge < -0.3 is 9.88 Å². The van der Waals surface area contributed by atoms with E-state index in [-0.39, 0.29) is 6.04 Å². The predicted molar refractivity (Wildman–Crippen MR) is 86.6 cm³/mol. The Hall–Kier alpha value is -0.840. The minimum Gasteiger partial charge on any atom is -0.335 e. The SMILES string of the molecule is CCCNC(Cc1nccn1CCC)c1sccc1Cl. The van der Waals surface area contributed by atoms with Gasteiger partial charge in [0, 0.05) is 30.2 Å². The third-order valence-corrected chi connectivity index (χ3v) is 4.73. The van der Waals surface area contributed by atoms with Gasteiger partial charge in [0.2, 0.25) is 0 Å². The molecule has 2 aromatic rings. The molecule has 0 saturated carbocycles. The maximum absolute atomic E-state index is 6.30. The van der Waals surface area contributed by atoms with Gasteiger partial charge in [-0.25, -0.2) is 4.98 Å². The largest absolute Gasteiger partial charge is 0.335 e. The van der Waals surface area contributed by atoms with Crippen LogP contribution in [0, 0.1) is 0 Å². The Balaban J connectivity index is 2.15. The van der Waals surface area contributed by atoms with E-state index in [0.717, 1.165) is 43.2 Å². The number of rotatable bonds is 8. The van der Waals surface area contributed by atoms with Gasteiger partial charge in [-0.05, 0) is 30.8 Å². The second-order valence-electron chi connectivity index (χ2n) is 4.88. The molecule has 0 amide bonds. The molecule has 2 heterocycles. The van der Waals surface area contributed by atoms with E-state index in [0.29, 0.717) is 0 Å². The number of nitrogens with zero attached hydrogens (tertiary/aromatic N) is 2. The van der Waals surface area contributed by atoms with Crippen LogP contribution in [0.5, 0.6) is 0 Å². The van der Waals surface area contributed by atoms with Crippen molar-refractivity contribution in [3.8, 4) is 0 Å². The van der Waals surface area contributed by atoms with Gasteiger partial charge >= 0.3 is 0 Å². The molecule has 0 bridgehead atoms. The van der Waals surface area contributed by atoms with Crippen LogP contribution in [0.15, 0.2) is 23.8 Å². The van der Waals surface area contributed by atoms with Crippen molar-refractivity contribution in [3.05, 3.63) is 39.6 Å². The quantitative estimate of drug-likeness (QED) is 0.788. The first-order valence-corrected chi connectivity index (χ1v) is 8.48. The van der Waals surface area contributed by atoms with Crippen molar-refractivity contribution in [2.75, 3.05) is 6.54 Å². The molecular formula is C15H22ClN3S. The van der Waals surface area contributed by atoms with Crippen molar-refractivity contribution in [3.63, 3.8) is 0 Å². The Morgan fingerprint density at radius 3 is 2.90 bits per heavy atom. The number of aryl methyl sites for hydroxylation is 1. The van der Waals surface area contributed by atoms with Crippen LogP contribution in [0.1, 0.15) is 43.4 Å². The Morgan fingerprint density at radius 2 is 2.25 bits per heavy atom. The highest BCUT2D eigenvalue weighted by molar-refractivity contribution is 7.10. The summed E-state index contributed by atoms with van der Waals surface area (Å²) in [7, 11) is 0. The topological polar surface area (TPSA) is 29.9 Å². The molecule has 0 aromatic carbocycles. The van der Waals surface area contributed by atoms with Gasteiger partial charge in [0.15, 0.2) is 0 Å². The van der Waals surface area contributed by atoms with Gasteiger partial charge in [-0.2, -0.15) is 0 Å². The van der Waals surface area contributed by atoms with Crippen LogP contribution in [-0.2, 0) is 13.0 Å². The molecule has 1 atom stereocenters. The van der Waals surface area contributed by atoms with E-state index in [1.165, 1.54) is 4.88 Å². The van der Waals surface area contributed by atoms with Crippen LogP contribution in [0.4, 0.5) is 0 Å². The zero-order valence-electron chi connectivity index (χ0n) is 12.1. The third-order valence-electron chi connectivity index (χ3n) is 3.25. The predicted octanol–water partition coefficient (Wildman–Crippen LogP) is 4.29. The van der Waals surface area contributed by atoms with Crippen LogP contribution < -0.4 is 5.32 Å². The summed E-state index contributed by atoms with van der Waals surface area (Å²) < 4.78 is 2.24. The first kappa shape index (κ1) is 15.5. The fourth-order valence-electron chi connectivity index (χ4n) is 2.29. The lowest BCUT2D eigenvalue weighted by molar-refractivity contribution is 0.508. The lowest BCUT2D eigenvalue weighted by Gasteiger charge is -2.18. The Morgan fingerprint density at radius 1 is 1.40 bits per heavy atom. The number of imidazole rings is 1. The Kier molecular flexibility index (Phi) is 6.07. The average Bonchev–Trinajstić information content (AvgIpc) is 3.04. The molecule has 0 aliphatic rings. The summed E-state index contributed by atoms with van der Waals surface area (Å²) in [5.74, 6) is 1.13. The van der Waals surface area contributed by atoms with Crippen molar-refractivity contribution in [1.82, 2.24) is 14.9 Å². The van der Waals surface area contributed by atoms with E-state index in [9.17, 15) is 0 Å². The molecule has 0 spiro atoms. The number of halogens is 1. The maximum Gasteiger partial charge on any atom is 0.110 e. The molecule has 0 aliphatic heterocycles. The molecule has 0 saturated heterocycles. The van der Waals surface area contributed by atoms with Crippen molar-refractivity contribution in [1.29, 1.82) is 0 Å². The van der Waals surface area contributed by atoms with Crippen molar-refractivity contribution in [2.45, 2.75) is 45.7 Å². The molecule has 3 nitrogen and oxygen atoms in total. The Labute approximate surface area is 130 Å². The van der Waals surface area contributed by atoms with Gasteiger partial charge in [-0.3, -0.25) is 0 Å². The zero-order chi connectivity index (χ0) is 14.4. The van der Waals surface area contributed by atoms with Crippen LogP contribution in [0.2, 0.25) is 5.02 Å². The van der Waals surface area contributed by atoms with E-state index in [2.05, 4.69) is 40.3 Å². The molecule has 0 fully saturated rings. The van der Waals surface area contributed by atoms with Crippen LogP contribution >= 0.6 is 22.9 Å².